The van der Waals surface area contributed by atoms with Crippen LogP contribution in [0.2, 0.25) is 0 Å². The average molecular weight is 858 g/mol. The number of nitrogens with two attached hydrogens (primary N) is 1. The number of unbranched alkanes of at least 4 members (excludes halogenated alkanes) is 2. The van der Waals surface area contributed by atoms with Crippen molar-refractivity contribution in [2.75, 3.05) is 17.6 Å². The number of para-hydroxylation sites is 2. The summed E-state index contributed by atoms with van der Waals surface area (Å²) in [5, 5.41) is 19.0. The zero-order valence-corrected chi connectivity index (χ0v) is 37.3. The number of carbonyl (C=O) groups is 3. The minimum absolute atomic E-state index is 0.0203. The lowest BCUT2D eigenvalue weighted by Crippen LogP contribution is -2.61. The molecule has 4 aromatic carbocycles. The second-order valence-electron chi connectivity index (χ2n) is 18.7. The molecule has 0 spiro atoms. The Kier molecular flexibility index (Phi) is 15.7. The van der Waals surface area contributed by atoms with Crippen molar-refractivity contribution in [3.8, 4) is 11.1 Å². The van der Waals surface area contributed by atoms with Gasteiger partial charge in [-0.15, -0.1) is 0 Å². The number of nitrogen functional groups attached to an aromatic ring is 1. The van der Waals surface area contributed by atoms with E-state index < -0.39 is 6.29 Å². The Hall–Kier alpha value is -5.07. The summed E-state index contributed by atoms with van der Waals surface area (Å²) >= 11 is 0. The molecule has 6 N–H and O–H groups in total. The zero-order valence-electron chi connectivity index (χ0n) is 37.3. The van der Waals surface area contributed by atoms with Crippen LogP contribution in [0.15, 0.2) is 97.1 Å². The van der Waals surface area contributed by atoms with E-state index in [0.717, 1.165) is 59.1 Å². The van der Waals surface area contributed by atoms with Crippen molar-refractivity contribution in [3.05, 3.63) is 119 Å². The van der Waals surface area contributed by atoms with Crippen molar-refractivity contribution in [3.63, 3.8) is 0 Å². The number of carbonyl (C=O) groups excluding carboxylic acids is 3. The Bertz CT molecular complexity index is 2140. The lowest BCUT2D eigenvalue weighted by atomic mass is 9.75. The molecule has 2 aliphatic heterocycles. The van der Waals surface area contributed by atoms with Crippen LogP contribution in [0, 0.1) is 5.92 Å². The van der Waals surface area contributed by atoms with Gasteiger partial charge < -0.3 is 36.3 Å². The smallest absolute Gasteiger partial charge is 0.237 e. The molecule has 6 atom stereocenters. The van der Waals surface area contributed by atoms with E-state index in [1.807, 2.05) is 75.4 Å². The topological polar surface area (TPSA) is 155 Å². The normalized spacial score (nSPS) is 22.7. The van der Waals surface area contributed by atoms with E-state index in [0.29, 0.717) is 68.5 Å². The maximum Gasteiger partial charge on any atom is 0.237 e. The van der Waals surface area contributed by atoms with Crippen molar-refractivity contribution in [1.82, 2.24) is 15.5 Å². The van der Waals surface area contributed by atoms with Crippen molar-refractivity contribution < 1.29 is 29.0 Å². The maximum atomic E-state index is 13.9. The van der Waals surface area contributed by atoms with E-state index in [1.54, 1.807) is 12.1 Å². The summed E-state index contributed by atoms with van der Waals surface area (Å²) in [6.45, 7) is 7.16. The largest absolute Gasteiger partial charge is 0.397 e. The SMILES string of the molecule is CC(C)(C)NC(=O)[C@H]1CC[C@H]2CCCC[C@H]2N1C[C@@H]1C[C@H](c2ccc(CO)cc2)O[C@H](c2ccc(-c3ccccc3CNC(=O)CCCCCC(=O)Nc3ccccc3N)cc2)O1. The van der Waals surface area contributed by atoms with E-state index in [2.05, 4.69) is 51.2 Å². The lowest BCUT2D eigenvalue weighted by molar-refractivity contribution is -0.255. The fourth-order valence-corrected chi connectivity index (χ4v) is 9.63. The molecule has 0 unspecified atom stereocenters. The molecule has 0 radical (unpaired) electrons. The van der Waals surface area contributed by atoms with Crippen LogP contribution < -0.4 is 21.7 Å². The number of amides is 3. The van der Waals surface area contributed by atoms with Crippen LogP contribution in [-0.4, -0.2) is 58.0 Å². The minimum atomic E-state index is -0.624. The van der Waals surface area contributed by atoms with Gasteiger partial charge >= 0.3 is 0 Å². The quantitative estimate of drug-likeness (QED) is 0.0552. The molecule has 3 fully saturated rings. The Morgan fingerprint density at radius 1 is 0.778 bits per heavy atom. The number of aliphatic hydroxyl groups excluding tert-OH is 1. The standard InChI is InChI=1S/C52H67N5O6/c1-52(2,3)56-50(61)46-30-29-37-13-8-12-18-45(37)57(46)33-41-31-47(38-23-21-35(34-58)22-24-38)63-51(62-41)39-27-25-36(26-28-39)42-15-9-7-14-40(42)32-54-48(59)19-5-4-6-20-49(60)55-44-17-11-10-16-43(44)53/h7,9-11,14-17,21-28,37,41,45-47,51,58H,4-6,8,12-13,18-20,29-34,53H2,1-3H3,(H,54,59)(H,55,60)(H,56,61)/t37-,41+,45-,46-,47-,51-/m1/s1. The van der Waals surface area contributed by atoms with Crippen LogP contribution in [-0.2, 0) is 37.0 Å². The van der Waals surface area contributed by atoms with Crippen molar-refractivity contribution in [2.24, 2.45) is 5.92 Å². The van der Waals surface area contributed by atoms with Crippen LogP contribution in [0.4, 0.5) is 11.4 Å². The van der Waals surface area contributed by atoms with Gasteiger partial charge in [0.1, 0.15) is 0 Å². The van der Waals surface area contributed by atoms with E-state index in [1.165, 1.54) is 19.3 Å². The van der Waals surface area contributed by atoms with Crippen LogP contribution in [0.1, 0.15) is 132 Å². The number of anilines is 2. The van der Waals surface area contributed by atoms with Gasteiger partial charge in [-0.2, -0.15) is 0 Å². The maximum absolute atomic E-state index is 13.9. The minimum Gasteiger partial charge on any atom is -0.397 e. The van der Waals surface area contributed by atoms with Gasteiger partial charge in [-0.05, 0) is 105 Å². The number of aliphatic hydroxyl groups is 1. The predicted octanol–water partition coefficient (Wildman–Crippen LogP) is 9.12. The van der Waals surface area contributed by atoms with E-state index in [9.17, 15) is 19.5 Å². The van der Waals surface area contributed by atoms with Gasteiger partial charge in [0.05, 0.1) is 36.2 Å². The molecular formula is C52H67N5O6. The Balaban J connectivity index is 0.996. The number of hydrogen-bond donors (Lipinski definition) is 5. The third-order valence-corrected chi connectivity index (χ3v) is 12.9. The molecule has 7 rings (SSSR count). The molecule has 0 bridgehead atoms. The molecule has 63 heavy (non-hydrogen) atoms. The van der Waals surface area contributed by atoms with Gasteiger partial charge in [0.2, 0.25) is 17.7 Å². The molecule has 4 aromatic rings. The molecule has 1 saturated carbocycles. The van der Waals surface area contributed by atoms with Gasteiger partial charge in [0.15, 0.2) is 6.29 Å². The average Bonchev–Trinajstić information content (AvgIpc) is 3.28. The van der Waals surface area contributed by atoms with Crippen molar-refractivity contribution in [1.29, 1.82) is 0 Å². The molecule has 2 saturated heterocycles. The number of piperidine rings is 1. The van der Waals surface area contributed by atoms with Crippen LogP contribution >= 0.6 is 0 Å². The fourth-order valence-electron chi connectivity index (χ4n) is 9.63. The molecule has 11 heteroatoms. The monoisotopic (exact) mass is 858 g/mol. The van der Waals surface area contributed by atoms with Crippen LogP contribution in [0.5, 0.6) is 0 Å². The molecule has 11 nitrogen and oxygen atoms in total. The number of benzene rings is 4. The Morgan fingerprint density at radius 2 is 1.48 bits per heavy atom. The van der Waals surface area contributed by atoms with E-state index in [-0.39, 0.29) is 48.1 Å². The number of ether oxygens (including phenoxy) is 2. The van der Waals surface area contributed by atoms with E-state index in [4.69, 9.17) is 15.2 Å². The third kappa shape index (κ3) is 12.6. The van der Waals surface area contributed by atoms with Gasteiger partial charge in [-0.25, -0.2) is 0 Å². The highest BCUT2D eigenvalue weighted by molar-refractivity contribution is 5.93. The second-order valence-corrected chi connectivity index (χ2v) is 18.7. The van der Waals surface area contributed by atoms with Crippen LogP contribution in [0.25, 0.3) is 11.1 Å². The summed E-state index contributed by atoms with van der Waals surface area (Å²) in [5.41, 5.74) is 12.6. The molecule has 336 valence electrons. The zero-order chi connectivity index (χ0) is 44.3. The van der Waals surface area contributed by atoms with Gasteiger partial charge in [0, 0.05) is 49.5 Å². The highest BCUT2D eigenvalue weighted by Gasteiger charge is 2.44. The summed E-state index contributed by atoms with van der Waals surface area (Å²) in [7, 11) is 0. The molecule has 1 aliphatic carbocycles. The summed E-state index contributed by atoms with van der Waals surface area (Å²) in [6, 6.07) is 31.7. The first-order valence-electron chi connectivity index (χ1n) is 23.1. The highest BCUT2D eigenvalue weighted by atomic mass is 16.7. The highest BCUT2D eigenvalue weighted by Crippen LogP contribution is 2.42. The molecular weight excluding hydrogens is 791 g/mol. The van der Waals surface area contributed by atoms with Gasteiger partial charge in [-0.3, -0.25) is 19.3 Å². The number of nitrogens with zero attached hydrogens (tertiary/aromatic N) is 1. The summed E-state index contributed by atoms with van der Waals surface area (Å²) < 4.78 is 13.7. The first-order valence-corrected chi connectivity index (χ1v) is 23.1. The summed E-state index contributed by atoms with van der Waals surface area (Å²) in [4.78, 5) is 41.6. The third-order valence-electron chi connectivity index (χ3n) is 12.9. The van der Waals surface area contributed by atoms with Gasteiger partial charge in [0.25, 0.3) is 0 Å². The first kappa shape index (κ1) is 45.9. The van der Waals surface area contributed by atoms with Crippen LogP contribution in [0.3, 0.4) is 0 Å². The number of nitrogens with one attached hydrogen (secondary N) is 3. The Morgan fingerprint density at radius 3 is 2.22 bits per heavy atom. The Labute approximate surface area is 373 Å². The number of hydrogen-bond acceptors (Lipinski definition) is 8. The van der Waals surface area contributed by atoms with Gasteiger partial charge in [-0.1, -0.05) is 104 Å². The van der Waals surface area contributed by atoms with Crippen molar-refractivity contribution >= 4 is 29.1 Å². The molecule has 3 amide bonds. The molecule has 3 aliphatic rings. The number of fused-ring (bicyclic) bond motifs is 1. The van der Waals surface area contributed by atoms with Crippen molar-refractivity contribution in [2.45, 2.75) is 147 Å². The molecule has 2 heterocycles. The first-order chi connectivity index (χ1) is 30.4. The fraction of sp³-hybridized carbons (Fsp3) is 0.481. The van der Waals surface area contributed by atoms with E-state index >= 15 is 0 Å². The lowest BCUT2D eigenvalue weighted by Gasteiger charge is -2.50. The number of rotatable bonds is 16. The second kappa shape index (κ2) is 21.5. The summed E-state index contributed by atoms with van der Waals surface area (Å²) in [6.07, 6.45) is 9.21. The number of likely N-dealkylation sites (tertiary alicyclic amines) is 1. The predicted molar refractivity (Wildman–Crippen MR) is 248 cm³/mol. The molecule has 0 aromatic heterocycles. The summed E-state index contributed by atoms with van der Waals surface area (Å²) in [5.74, 6) is 0.594.